The number of halogens is 1. The fourth-order valence-corrected chi connectivity index (χ4v) is 1.55. The van der Waals surface area contributed by atoms with E-state index >= 15 is 0 Å². The summed E-state index contributed by atoms with van der Waals surface area (Å²) in [6.07, 6.45) is 4.72. The molecule has 0 aliphatic carbocycles. The van der Waals surface area contributed by atoms with Gasteiger partial charge >= 0.3 is 0 Å². The number of nitrogens with one attached hydrogen (secondary N) is 2. The van der Waals surface area contributed by atoms with Gasteiger partial charge < -0.3 is 10.3 Å². The molecule has 0 unspecified atom stereocenters. The third kappa shape index (κ3) is 2.88. The second kappa shape index (κ2) is 5.05. The molecule has 0 aliphatic heterocycles. The minimum absolute atomic E-state index is 0.225. The molecule has 2 aromatic rings. The number of aromatic nitrogens is 4. The zero-order valence-electron chi connectivity index (χ0n) is 9.07. The predicted octanol–water partition coefficient (Wildman–Crippen LogP) is 1.24. The van der Waals surface area contributed by atoms with E-state index < -0.39 is 0 Å². The fraction of sp³-hybridized carbons (Fsp3) is 0.200. The quantitative estimate of drug-likeness (QED) is 0.890. The Kier molecular flexibility index (Phi) is 3.48. The smallest absolute Gasteiger partial charge is 0.267 e. The van der Waals surface area contributed by atoms with Gasteiger partial charge in [-0.05, 0) is 22.9 Å². The predicted molar refractivity (Wildman–Crippen MR) is 66.7 cm³/mol. The van der Waals surface area contributed by atoms with Gasteiger partial charge in [-0.3, -0.25) is 14.8 Å². The van der Waals surface area contributed by atoms with Crippen LogP contribution in [0.25, 0.3) is 0 Å². The second-order valence-electron chi connectivity index (χ2n) is 3.40. The van der Waals surface area contributed by atoms with Crippen molar-refractivity contribution >= 4 is 21.7 Å². The van der Waals surface area contributed by atoms with E-state index in [4.69, 9.17) is 0 Å². The van der Waals surface area contributed by atoms with Gasteiger partial charge in [-0.25, -0.2) is 4.98 Å². The molecule has 2 heterocycles. The minimum Gasteiger partial charge on any atom is -0.363 e. The van der Waals surface area contributed by atoms with E-state index in [9.17, 15) is 4.79 Å². The van der Waals surface area contributed by atoms with Gasteiger partial charge in [0.2, 0.25) is 0 Å². The van der Waals surface area contributed by atoms with Crippen molar-refractivity contribution in [3.8, 4) is 0 Å². The molecule has 0 aromatic carbocycles. The van der Waals surface area contributed by atoms with Gasteiger partial charge in [-0.2, -0.15) is 0 Å². The van der Waals surface area contributed by atoms with Gasteiger partial charge in [0.05, 0.1) is 30.5 Å². The molecule has 0 saturated heterocycles. The van der Waals surface area contributed by atoms with Crippen LogP contribution in [0.3, 0.4) is 0 Å². The molecule has 88 valence electrons. The Morgan fingerprint density at radius 3 is 2.88 bits per heavy atom. The van der Waals surface area contributed by atoms with Crippen LogP contribution in [0.4, 0.5) is 5.82 Å². The highest BCUT2D eigenvalue weighted by Gasteiger charge is 2.04. The Morgan fingerprint density at radius 1 is 1.35 bits per heavy atom. The number of H-pyrrole nitrogens is 1. The van der Waals surface area contributed by atoms with E-state index in [0.29, 0.717) is 16.8 Å². The maximum Gasteiger partial charge on any atom is 0.267 e. The van der Waals surface area contributed by atoms with Crippen LogP contribution in [0.15, 0.2) is 28.0 Å². The number of aromatic amines is 1. The van der Waals surface area contributed by atoms with Gasteiger partial charge in [0.1, 0.15) is 10.3 Å². The standard InChI is InChI=1S/C10H10BrN5O/c1-6-2-13-7(3-12-6)4-14-9-8(11)10(17)16-5-15-9/h2-3,5H,4H2,1H3,(H2,14,15,16,17). The molecule has 2 N–H and O–H groups in total. The van der Waals surface area contributed by atoms with Crippen molar-refractivity contribution in [1.82, 2.24) is 19.9 Å². The summed E-state index contributed by atoms with van der Waals surface area (Å²) >= 11 is 3.16. The van der Waals surface area contributed by atoms with Crippen molar-refractivity contribution in [2.24, 2.45) is 0 Å². The Labute approximate surface area is 106 Å². The fourth-order valence-electron chi connectivity index (χ4n) is 1.19. The third-order valence-electron chi connectivity index (χ3n) is 2.07. The molecule has 0 atom stereocenters. The van der Waals surface area contributed by atoms with Gasteiger partial charge in [0, 0.05) is 6.20 Å². The normalized spacial score (nSPS) is 10.2. The molecule has 0 aliphatic rings. The summed E-state index contributed by atoms with van der Waals surface area (Å²) in [5, 5.41) is 3.01. The molecule has 0 fully saturated rings. The SMILES string of the molecule is Cc1cnc(CNc2nc[nH]c(=O)c2Br)cn1. The van der Waals surface area contributed by atoms with Crippen molar-refractivity contribution in [2.75, 3.05) is 5.32 Å². The molecule has 0 amide bonds. The Balaban J connectivity index is 2.10. The van der Waals surface area contributed by atoms with Gasteiger partial charge in [0.25, 0.3) is 5.56 Å². The first-order valence-corrected chi connectivity index (χ1v) is 5.70. The van der Waals surface area contributed by atoms with Crippen molar-refractivity contribution in [1.29, 1.82) is 0 Å². The number of aryl methyl sites for hydroxylation is 1. The number of nitrogens with zero attached hydrogens (tertiary/aromatic N) is 3. The summed E-state index contributed by atoms with van der Waals surface area (Å²) in [5.74, 6) is 0.483. The average molecular weight is 296 g/mol. The van der Waals surface area contributed by atoms with Crippen molar-refractivity contribution in [3.05, 3.63) is 44.9 Å². The summed E-state index contributed by atoms with van der Waals surface area (Å²) in [6, 6.07) is 0. The highest BCUT2D eigenvalue weighted by Crippen LogP contribution is 2.13. The molecular formula is C10H10BrN5O. The number of rotatable bonds is 3. The minimum atomic E-state index is -0.225. The molecule has 7 heteroatoms. The summed E-state index contributed by atoms with van der Waals surface area (Å²) < 4.78 is 0.375. The average Bonchev–Trinajstić information content (AvgIpc) is 2.33. The zero-order valence-corrected chi connectivity index (χ0v) is 10.7. The van der Waals surface area contributed by atoms with Gasteiger partial charge in [0.15, 0.2) is 0 Å². The maximum absolute atomic E-state index is 11.3. The van der Waals surface area contributed by atoms with Crippen LogP contribution in [-0.4, -0.2) is 19.9 Å². The number of hydrogen-bond donors (Lipinski definition) is 2. The topological polar surface area (TPSA) is 83.6 Å². The van der Waals surface area contributed by atoms with Gasteiger partial charge in [-0.1, -0.05) is 0 Å². The summed E-state index contributed by atoms with van der Waals surface area (Å²) in [6.45, 7) is 2.33. The van der Waals surface area contributed by atoms with Crippen LogP contribution in [0, 0.1) is 6.92 Å². The molecule has 2 rings (SSSR count). The Hall–Kier alpha value is -1.76. The van der Waals surface area contributed by atoms with E-state index in [1.807, 2.05) is 6.92 Å². The Morgan fingerprint density at radius 2 is 2.18 bits per heavy atom. The molecule has 2 aromatic heterocycles. The molecule has 0 saturated carbocycles. The van der Waals surface area contributed by atoms with Crippen molar-refractivity contribution in [3.63, 3.8) is 0 Å². The van der Waals surface area contributed by atoms with E-state index in [2.05, 4.69) is 41.2 Å². The van der Waals surface area contributed by atoms with Crippen LogP contribution in [0.5, 0.6) is 0 Å². The maximum atomic E-state index is 11.3. The lowest BCUT2D eigenvalue weighted by molar-refractivity contribution is 0.966. The van der Waals surface area contributed by atoms with E-state index in [-0.39, 0.29) is 5.56 Å². The highest BCUT2D eigenvalue weighted by molar-refractivity contribution is 9.10. The van der Waals surface area contributed by atoms with E-state index in [0.717, 1.165) is 11.4 Å². The van der Waals surface area contributed by atoms with Gasteiger partial charge in [-0.15, -0.1) is 0 Å². The van der Waals surface area contributed by atoms with Crippen LogP contribution < -0.4 is 10.9 Å². The lowest BCUT2D eigenvalue weighted by Gasteiger charge is -2.05. The number of anilines is 1. The molecular weight excluding hydrogens is 286 g/mol. The lowest BCUT2D eigenvalue weighted by atomic mass is 10.4. The first kappa shape index (κ1) is 11.7. The summed E-state index contributed by atoms with van der Waals surface area (Å²) in [7, 11) is 0. The van der Waals surface area contributed by atoms with Crippen LogP contribution >= 0.6 is 15.9 Å². The second-order valence-corrected chi connectivity index (χ2v) is 4.19. The molecule has 17 heavy (non-hydrogen) atoms. The molecule has 6 nitrogen and oxygen atoms in total. The number of hydrogen-bond acceptors (Lipinski definition) is 5. The molecule has 0 radical (unpaired) electrons. The summed E-state index contributed by atoms with van der Waals surface area (Å²) in [5.41, 5.74) is 1.42. The molecule has 0 spiro atoms. The largest absolute Gasteiger partial charge is 0.363 e. The van der Waals surface area contributed by atoms with Crippen LogP contribution in [-0.2, 0) is 6.54 Å². The van der Waals surface area contributed by atoms with Crippen LogP contribution in [0.2, 0.25) is 0 Å². The Bertz CT molecular complexity index is 566. The van der Waals surface area contributed by atoms with E-state index in [1.165, 1.54) is 6.33 Å². The first-order valence-electron chi connectivity index (χ1n) is 4.91. The third-order valence-corrected chi connectivity index (χ3v) is 2.80. The van der Waals surface area contributed by atoms with E-state index in [1.54, 1.807) is 12.4 Å². The van der Waals surface area contributed by atoms with Crippen molar-refractivity contribution in [2.45, 2.75) is 13.5 Å². The highest BCUT2D eigenvalue weighted by atomic mass is 79.9. The zero-order chi connectivity index (χ0) is 12.3. The van der Waals surface area contributed by atoms with Crippen LogP contribution in [0.1, 0.15) is 11.4 Å². The summed E-state index contributed by atoms with van der Waals surface area (Å²) in [4.78, 5) is 26.1. The molecule has 0 bridgehead atoms. The first-order chi connectivity index (χ1) is 8.16. The monoisotopic (exact) mass is 295 g/mol. The lowest BCUT2D eigenvalue weighted by Crippen LogP contribution is -2.12. The van der Waals surface area contributed by atoms with Crippen molar-refractivity contribution < 1.29 is 0 Å².